The highest BCUT2D eigenvalue weighted by Gasteiger charge is 2.39. The average molecular weight is 449 g/mol. The fourth-order valence-electron chi connectivity index (χ4n) is 5.62. The molecule has 0 N–H and O–H groups in total. The number of benzene rings is 1. The number of carbonyl (C=O) groups is 1. The summed E-state index contributed by atoms with van der Waals surface area (Å²) in [5.41, 5.74) is 2.51. The Labute approximate surface area is 197 Å². The first kappa shape index (κ1) is 22.4. The van der Waals surface area contributed by atoms with Crippen molar-refractivity contribution in [1.82, 2.24) is 14.8 Å². The molecule has 176 valence electrons. The number of fused-ring (bicyclic) bond motifs is 1. The van der Waals surface area contributed by atoms with Gasteiger partial charge in [0.05, 0.1) is 13.2 Å². The van der Waals surface area contributed by atoms with Crippen molar-refractivity contribution in [1.29, 1.82) is 0 Å². The van der Waals surface area contributed by atoms with E-state index >= 15 is 0 Å². The summed E-state index contributed by atoms with van der Waals surface area (Å²) in [7, 11) is 0. The number of likely N-dealkylation sites (tertiary alicyclic amines) is 2. The van der Waals surface area contributed by atoms with Gasteiger partial charge < -0.3 is 14.5 Å². The number of carbonyl (C=O) groups excluding carboxylic acids is 1. The van der Waals surface area contributed by atoms with E-state index in [-0.39, 0.29) is 0 Å². The van der Waals surface area contributed by atoms with E-state index in [0.717, 1.165) is 64.7 Å². The zero-order chi connectivity index (χ0) is 22.5. The molecule has 3 aliphatic heterocycles. The zero-order valence-corrected chi connectivity index (χ0v) is 19.6. The lowest BCUT2D eigenvalue weighted by Crippen LogP contribution is -2.40. The molecular formula is C27H36N4O2. The van der Waals surface area contributed by atoms with E-state index in [2.05, 4.69) is 39.0 Å². The molecule has 0 bridgehead atoms. The topological polar surface area (TPSA) is 48.9 Å². The first-order valence-corrected chi connectivity index (χ1v) is 12.6. The summed E-state index contributed by atoms with van der Waals surface area (Å²) in [6.07, 6.45) is 7.22. The second kappa shape index (κ2) is 10.7. The third-order valence-electron chi connectivity index (χ3n) is 7.50. The van der Waals surface area contributed by atoms with Gasteiger partial charge in [0, 0.05) is 51.4 Å². The smallest absolute Gasteiger partial charge is 0.222 e. The van der Waals surface area contributed by atoms with Crippen molar-refractivity contribution in [2.24, 2.45) is 5.92 Å². The Bertz CT molecular complexity index is 898. The summed E-state index contributed by atoms with van der Waals surface area (Å²) in [6, 6.07) is 15.2. The van der Waals surface area contributed by atoms with Crippen LogP contribution in [-0.4, -0.2) is 72.7 Å². The van der Waals surface area contributed by atoms with Crippen molar-refractivity contribution in [3.63, 3.8) is 0 Å². The van der Waals surface area contributed by atoms with E-state index < -0.39 is 0 Å². The predicted molar refractivity (Wildman–Crippen MR) is 130 cm³/mol. The molecule has 1 aromatic carbocycles. The van der Waals surface area contributed by atoms with Crippen LogP contribution in [-0.2, 0) is 22.5 Å². The Morgan fingerprint density at radius 1 is 0.970 bits per heavy atom. The standard InChI is InChI=1S/C27H36N4O2/c32-27(12-10-22-6-2-1-3-7-22)31-20-24-8-4-5-13-30(25(24)21-31)19-23-9-11-26(28-18-23)29-14-16-33-17-15-29/h1-3,6-7,9,11,18,24-25H,4-5,8,10,12-17,19-21H2/t24-,25+/m0/s1. The lowest BCUT2D eigenvalue weighted by Gasteiger charge is -2.30. The van der Waals surface area contributed by atoms with Crippen LogP contribution in [0.5, 0.6) is 0 Å². The summed E-state index contributed by atoms with van der Waals surface area (Å²) in [6.45, 7) is 7.21. The van der Waals surface area contributed by atoms with Crippen LogP contribution < -0.4 is 4.90 Å². The first-order chi connectivity index (χ1) is 16.3. The molecule has 6 heteroatoms. The van der Waals surface area contributed by atoms with Crippen molar-refractivity contribution in [2.75, 3.05) is 50.8 Å². The molecule has 1 amide bonds. The maximum atomic E-state index is 13.0. The number of rotatable bonds is 6. The minimum absolute atomic E-state index is 0.309. The third-order valence-corrected chi connectivity index (χ3v) is 7.50. The van der Waals surface area contributed by atoms with Gasteiger partial charge in [-0.05, 0) is 48.9 Å². The van der Waals surface area contributed by atoms with Gasteiger partial charge in [-0.25, -0.2) is 4.98 Å². The predicted octanol–water partition coefficient (Wildman–Crippen LogP) is 3.36. The molecular weight excluding hydrogens is 412 g/mol. The maximum Gasteiger partial charge on any atom is 0.222 e. The monoisotopic (exact) mass is 448 g/mol. The van der Waals surface area contributed by atoms with E-state index in [9.17, 15) is 4.79 Å². The normalized spacial score (nSPS) is 23.9. The van der Waals surface area contributed by atoms with Crippen LogP contribution in [0.2, 0.25) is 0 Å². The van der Waals surface area contributed by atoms with Crippen LogP contribution in [0.3, 0.4) is 0 Å². The second-order valence-electron chi connectivity index (χ2n) is 9.70. The van der Waals surface area contributed by atoms with Gasteiger partial charge in [-0.3, -0.25) is 9.69 Å². The molecule has 33 heavy (non-hydrogen) atoms. The lowest BCUT2D eigenvalue weighted by molar-refractivity contribution is -0.130. The highest BCUT2D eigenvalue weighted by Crippen LogP contribution is 2.31. The number of aryl methyl sites for hydroxylation is 1. The molecule has 1 aromatic heterocycles. The molecule has 2 aromatic rings. The van der Waals surface area contributed by atoms with Crippen molar-refractivity contribution < 1.29 is 9.53 Å². The summed E-state index contributed by atoms with van der Waals surface area (Å²) >= 11 is 0. The van der Waals surface area contributed by atoms with E-state index in [1.807, 2.05) is 24.4 Å². The summed E-state index contributed by atoms with van der Waals surface area (Å²) < 4.78 is 5.46. The Balaban J connectivity index is 1.19. The van der Waals surface area contributed by atoms with E-state index in [0.29, 0.717) is 24.3 Å². The quantitative estimate of drug-likeness (QED) is 0.678. The summed E-state index contributed by atoms with van der Waals surface area (Å²) in [5.74, 6) is 1.95. The van der Waals surface area contributed by atoms with E-state index in [4.69, 9.17) is 9.72 Å². The third kappa shape index (κ3) is 5.56. The number of pyridine rings is 1. The maximum absolute atomic E-state index is 13.0. The number of morpholine rings is 1. The molecule has 3 saturated heterocycles. The number of hydrogen-bond donors (Lipinski definition) is 0. The molecule has 0 spiro atoms. The number of aromatic nitrogens is 1. The van der Waals surface area contributed by atoms with E-state index in [1.54, 1.807) is 0 Å². The zero-order valence-electron chi connectivity index (χ0n) is 19.6. The van der Waals surface area contributed by atoms with Crippen molar-refractivity contribution in [3.05, 3.63) is 59.8 Å². The molecule has 0 saturated carbocycles. The Hall–Kier alpha value is -2.44. The fourth-order valence-corrected chi connectivity index (χ4v) is 5.62. The SMILES string of the molecule is O=C(CCc1ccccc1)N1C[C@@H]2CCCCN(Cc3ccc(N4CCOCC4)nc3)[C@@H]2C1. The van der Waals surface area contributed by atoms with Crippen LogP contribution in [0.1, 0.15) is 36.8 Å². The van der Waals surface area contributed by atoms with Crippen LogP contribution in [0, 0.1) is 5.92 Å². The van der Waals surface area contributed by atoms with Crippen molar-refractivity contribution in [2.45, 2.75) is 44.7 Å². The molecule has 0 unspecified atom stereocenters. The molecule has 6 nitrogen and oxygen atoms in total. The molecule has 0 radical (unpaired) electrons. The highest BCUT2D eigenvalue weighted by molar-refractivity contribution is 5.77. The van der Waals surface area contributed by atoms with Gasteiger partial charge in [-0.2, -0.15) is 0 Å². The van der Waals surface area contributed by atoms with Gasteiger partial charge in [0.2, 0.25) is 5.91 Å². The lowest BCUT2D eigenvalue weighted by atomic mass is 9.98. The Kier molecular flexibility index (Phi) is 7.22. The Morgan fingerprint density at radius 2 is 1.82 bits per heavy atom. The number of hydrogen-bond acceptors (Lipinski definition) is 5. The number of ether oxygens (including phenoxy) is 1. The molecule has 5 rings (SSSR count). The number of nitrogens with zero attached hydrogens (tertiary/aromatic N) is 4. The number of anilines is 1. The van der Waals surface area contributed by atoms with Gasteiger partial charge in [0.15, 0.2) is 0 Å². The molecule has 3 fully saturated rings. The molecule has 4 heterocycles. The largest absolute Gasteiger partial charge is 0.378 e. The summed E-state index contributed by atoms with van der Waals surface area (Å²) in [5, 5.41) is 0. The second-order valence-corrected chi connectivity index (χ2v) is 9.70. The summed E-state index contributed by atoms with van der Waals surface area (Å²) in [4.78, 5) is 24.8. The van der Waals surface area contributed by atoms with Crippen LogP contribution >= 0.6 is 0 Å². The van der Waals surface area contributed by atoms with Gasteiger partial charge in [0.1, 0.15) is 5.82 Å². The van der Waals surface area contributed by atoms with Crippen LogP contribution in [0.4, 0.5) is 5.82 Å². The minimum atomic E-state index is 0.309. The minimum Gasteiger partial charge on any atom is -0.378 e. The van der Waals surface area contributed by atoms with Crippen molar-refractivity contribution in [3.8, 4) is 0 Å². The molecule has 2 atom stereocenters. The van der Waals surface area contributed by atoms with Crippen LogP contribution in [0.15, 0.2) is 48.7 Å². The van der Waals surface area contributed by atoms with Gasteiger partial charge in [-0.15, -0.1) is 0 Å². The average Bonchev–Trinajstić information content (AvgIpc) is 3.21. The highest BCUT2D eigenvalue weighted by atomic mass is 16.5. The van der Waals surface area contributed by atoms with E-state index in [1.165, 1.54) is 30.4 Å². The first-order valence-electron chi connectivity index (χ1n) is 12.6. The van der Waals surface area contributed by atoms with Gasteiger partial charge in [0.25, 0.3) is 0 Å². The van der Waals surface area contributed by atoms with Crippen LogP contribution in [0.25, 0.3) is 0 Å². The number of amides is 1. The van der Waals surface area contributed by atoms with Crippen molar-refractivity contribution >= 4 is 11.7 Å². The van der Waals surface area contributed by atoms with Gasteiger partial charge >= 0.3 is 0 Å². The molecule has 3 aliphatic rings. The van der Waals surface area contributed by atoms with Gasteiger partial charge in [-0.1, -0.05) is 42.8 Å². The fraction of sp³-hybridized carbons (Fsp3) is 0.556. The Morgan fingerprint density at radius 3 is 2.61 bits per heavy atom. The molecule has 0 aliphatic carbocycles.